The fraction of sp³-hybridized carbons (Fsp3) is 0.647. The molecule has 0 spiro atoms. The Kier molecular flexibility index (Phi) is 3.64. The molecule has 1 atom stereocenters. The topological polar surface area (TPSA) is 29.3 Å². The van der Waals surface area contributed by atoms with Crippen molar-refractivity contribution in [1.82, 2.24) is 4.90 Å². The SMILES string of the molecule is CN(C1CCCC1)C1(CN)CCCc2ccccc21. The van der Waals surface area contributed by atoms with Crippen molar-refractivity contribution in [2.75, 3.05) is 13.6 Å². The Hall–Kier alpha value is -0.860. The van der Waals surface area contributed by atoms with Gasteiger partial charge in [-0.1, -0.05) is 37.1 Å². The van der Waals surface area contributed by atoms with E-state index >= 15 is 0 Å². The van der Waals surface area contributed by atoms with Crippen LogP contribution in [0.3, 0.4) is 0 Å². The Morgan fingerprint density at radius 2 is 1.95 bits per heavy atom. The van der Waals surface area contributed by atoms with E-state index in [0.29, 0.717) is 0 Å². The number of nitrogens with two attached hydrogens (primary N) is 1. The van der Waals surface area contributed by atoms with Crippen molar-refractivity contribution < 1.29 is 0 Å². The molecule has 2 heteroatoms. The molecular formula is C17H26N2. The molecule has 0 heterocycles. The Morgan fingerprint density at radius 3 is 2.68 bits per heavy atom. The average molecular weight is 258 g/mol. The van der Waals surface area contributed by atoms with Crippen molar-refractivity contribution in [1.29, 1.82) is 0 Å². The van der Waals surface area contributed by atoms with Gasteiger partial charge in [-0.3, -0.25) is 4.90 Å². The van der Waals surface area contributed by atoms with Crippen LogP contribution in [0.2, 0.25) is 0 Å². The Bertz CT molecular complexity index is 437. The third-order valence-corrected chi connectivity index (χ3v) is 5.44. The maximum atomic E-state index is 6.28. The molecule has 0 amide bonds. The normalized spacial score (nSPS) is 27.7. The summed E-state index contributed by atoms with van der Waals surface area (Å²) < 4.78 is 0. The predicted octanol–water partition coefficient (Wildman–Crippen LogP) is 3.05. The van der Waals surface area contributed by atoms with Crippen LogP contribution in [0.1, 0.15) is 49.7 Å². The van der Waals surface area contributed by atoms with Crippen molar-refractivity contribution >= 4 is 0 Å². The molecule has 0 aromatic heterocycles. The van der Waals surface area contributed by atoms with Gasteiger partial charge in [0.2, 0.25) is 0 Å². The molecule has 1 aromatic carbocycles. The molecule has 2 aliphatic rings. The molecule has 2 N–H and O–H groups in total. The van der Waals surface area contributed by atoms with Crippen molar-refractivity contribution in [2.24, 2.45) is 5.73 Å². The van der Waals surface area contributed by atoms with Gasteiger partial charge in [0, 0.05) is 12.6 Å². The highest BCUT2D eigenvalue weighted by atomic mass is 15.2. The summed E-state index contributed by atoms with van der Waals surface area (Å²) in [4.78, 5) is 2.62. The molecule has 2 nitrogen and oxygen atoms in total. The third kappa shape index (κ3) is 2.11. The standard InChI is InChI=1S/C17H26N2/c1-19(15-9-3-4-10-15)17(13-18)12-6-8-14-7-2-5-11-16(14)17/h2,5,7,11,15H,3-4,6,8-10,12-13,18H2,1H3. The number of hydrogen-bond acceptors (Lipinski definition) is 2. The molecular weight excluding hydrogens is 232 g/mol. The van der Waals surface area contributed by atoms with E-state index in [-0.39, 0.29) is 5.54 Å². The second kappa shape index (κ2) is 5.26. The van der Waals surface area contributed by atoms with Crippen molar-refractivity contribution in [3.63, 3.8) is 0 Å². The van der Waals surface area contributed by atoms with Crippen LogP contribution in [0.4, 0.5) is 0 Å². The number of benzene rings is 1. The second-order valence-corrected chi connectivity index (χ2v) is 6.30. The number of hydrogen-bond donors (Lipinski definition) is 1. The largest absolute Gasteiger partial charge is 0.328 e. The number of rotatable bonds is 3. The zero-order chi connectivity index (χ0) is 13.3. The lowest BCUT2D eigenvalue weighted by Crippen LogP contribution is -2.54. The second-order valence-electron chi connectivity index (χ2n) is 6.30. The van der Waals surface area contributed by atoms with E-state index in [0.717, 1.165) is 12.6 Å². The third-order valence-electron chi connectivity index (χ3n) is 5.44. The molecule has 19 heavy (non-hydrogen) atoms. The first-order valence-electron chi connectivity index (χ1n) is 7.79. The molecule has 2 aliphatic carbocycles. The molecule has 3 rings (SSSR count). The lowest BCUT2D eigenvalue weighted by atomic mass is 9.75. The Morgan fingerprint density at radius 1 is 1.21 bits per heavy atom. The lowest BCUT2D eigenvalue weighted by Gasteiger charge is -2.48. The van der Waals surface area contributed by atoms with Crippen molar-refractivity contribution in [2.45, 2.75) is 56.5 Å². The van der Waals surface area contributed by atoms with E-state index in [1.54, 1.807) is 0 Å². The van der Waals surface area contributed by atoms with Crippen LogP contribution in [0.5, 0.6) is 0 Å². The monoisotopic (exact) mass is 258 g/mol. The van der Waals surface area contributed by atoms with Gasteiger partial charge in [-0.15, -0.1) is 0 Å². The van der Waals surface area contributed by atoms with Gasteiger partial charge in [-0.2, -0.15) is 0 Å². The number of aryl methyl sites for hydroxylation is 1. The summed E-state index contributed by atoms with van der Waals surface area (Å²) in [5.74, 6) is 0. The Labute approximate surface area is 117 Å². The van der Waals surface area contributed by atoms with Gasteiger partial charge in [0.05, 0.1) is 5.54 Å². The van der Waals surface area contributed by atoms with Gasteiger partial charge < -0.3 is 5.73 Å². The van der Waals surface area contributed by atoms with E-state index < -0.39 is 0 Å². The minimum atomic E-state index is 0.0872. The van der Waals surface area contributed by atoms with E-state index in [2.05, 4.69) is 36.2 Å². The fourth-order valence-electron chi connectivity index (χ4n) is 4.26. The van der Waals surface area contributed by atoms with Gasteiger partial charge in [-0.05, 0) is 50.3 Å². The van der Waals surface area contributed by atoms with E-state index in [9.17, 15) is 0 Å². The maximum Gasteiger partial charge on any atom is 0.0586 e. The van der Waals surface area contributed by atoms with Crippen LogP contribution >= 0.6 is 0 Å². The number of fused-ring (bicyclic) bond motifs is 1. The van der Waals surface area contributed by atoms with Crippen molar-refractivity contribution in [3.05, 3.63) is 35.4 Å². The highest BCUT2D eigenvalue weighted by molar-refractivity contribution is 5.37. The van der Waals surface area contributed by atoms with Crippen LogP contribution < -0.4 is 5.73 Å². The lowest BCUT2D eigenvalue weighted by molar-refractivity contribution is 0.0605. The summed E-state index contributed by atoms with van der Waals surface area (Å²) >= 11 is 0. The van der Waals surface area contributed by atoms with Gasteiger partial charge in [-0.25, -0.2) is 0 Å². The van der Waals surface area contributed by atoms with Crippen LogP contribution in [0, 0.1) is 0 Å². The minimum Gasteiger partial charge on any atom is -0.328 e. The highest BCUT2D eigenvalue weighted by Crippen LogP contribution is 2.42. The molecule has 0 saturated heterocycles. The van der Waals surface area contributed by atoms with Crippen LogP contribution in [-0.2, 0) is 12.0 Å². The number of likely N-dealkylation sites (N-methyl/N-ethyl adjacent to an activating group) is 1. The fourth-order valence-corrected chi connectivity index (χ4v) is 4.26. The predicted molar refractivity (Wildman–Crippen MR) is 80.1 cm³/mol. The van der Waals surface area contributed by atoms with E-state index in [4.69, 9.17) is 5.73 Å². The molecule has 0 aliphatic heterocycles. The van der Waals surface area contributed by atoms with Crippen LogP contribution in [-0.4, -0.2) is 24.5 Å². The molecule has 1 aromatic rings. The molecule has 1 saturated carbocycles. The van der Waals surface area contributed by atoms with Gasteiger partial charge in [0.15, 0.2) is 0 Å². The summed E-state index contributed by atoms with van der Waals surface area (Å²) in [6, 6.07) is 9.68. The zero-order valence-electron chi connectivity index (χ0n) is 12.1. The molecule has 1 fully saturated rings. The zero-order valence-corrected chi connectivity index (χ0v) is 12.1. The Balaban J connectivity index is 1.99. The van der Waals surface area contributed by atoms with Crippen molar-refractivity contribution in [3.8, 4) is 0 Å². The molecule has 104 valence electrons. The van der Waals surface area contributed by atoms with Crippen LogP contribution in [0.25, 0.3) is 0 Å². The summed E-state index contributed by atoms with van der Waals surface area (Å²) in [6.45, 7) is 0.747. The molecule has 0 radical (unpaired) electrons. The maximum absolute atomic E-state index is 6.28. The number of nitrogens with zero attached hydrogens (tertiary/aromatic N) is 1. The first-order chi connectivity index (χ1) is 9.28. The molecule has 0 bridgehead atoms. The quantitative estimate of drug-likeness (QED) is 0.903. The first-order valence-corrected chi connectivity index (χ1v) is 7.79. The van der Waals surface area contributed by atoms with Crippen LogP contribution in [0.15, 0.2) is 24.3 Å². The average Bonchev–Trinajstić information content (AvgIpc) is 3.00. The summed E-state index contributed by atoms with van der Waals surface area (Å²) in [5, 5.41) is 0. The van der Waals surface area contributed by atoms with Gasteiger partial charge >= 0.3 is 0 Å². The van der Waals surface area contributed by atoms with Gasteiger partial charge in [0.1, 0.15) is 0 Å². The van der Waals surface area contributed by atoms with Gasteiger partial charge in [0.25, 0.3) is 0 Å². The highest BCUT2D eigenvalue weighted by Gasteiger charge is 2.41. The smallest absolute Gasteiger partial charge is 0.0586 e. The van der Waals surface area contributed by atoms with E-state index in [1.807, 2.05) is 0 Å². The minimum absolute atomic E-state index is 0.0872. The summed E-state index contributed by atoms with van der Waals surface area (Å²) in [5.41, 5.74) is 9.38. The summed E-state index contributed by atoms with van der Waals surface area (Å²) in [6.07, 6.45) is 9.17. The summed E-state index contributed by atoms with van der Waals surface area (Å²) in [7, 11) is 2.31. The van der Waals surface area contributed by atoms with E-state index in [1.165, 1.54) is 56.1 Å². The molecule has 1 unspecified atom stereocenters. The first kappa shape index (κ1) is 13.1.